The first kappa shape index (κ1) is 14.1. The number of benzene rings is 1. The van der Waals surface area contributed by atoms with Crippen molar-refractivity contribution < 1.29 is 18.7 Å². The number of halogens is 1. The zero-order valence-corrected chi connectivity index (χ0v) is 11.8. The van der Waals surface area contributed by atoms with E-state index in [0.29, 0.717) is 16.9 Å². The first-order valence-electron chi connectivity index (χ1n) is 6.61. The molecule has 1 aromatic carbocycles. The Morgan fingerprint density at radius 3 is 2.86 bits per heavy atom. The molecule has 2 aromatic heterocycles. The number of pyridine rings is 1. The highest BCUT2D eigenvalue weighted by atomic mass is 19.1. The lowest BCUT2D eigenvalue weighted by atomic mass is 10.3. The predicted molar refractivity (Wildman–Crippen MR) is 77.3 cm³/mol. The number of hydrogen-bond donors (Lipinski definition) is 0. The van der Waals surface area contributed by atoms with Gasteiger partial charge in [-0.05, 0) is 24.3 Å². The molecule has 3 aromatic rings. The summed E-state index contributed by atoms with van der Waals surface area (Å²) in [7, 11) is 1.32. The molecule has 3 rings (SSSR count). The second-order valence-electron chi connectivity index (χ2n) is 4.58. The second-order valence-corrected chi connectivity index (χ2v) is 4.58. The average Bonchev–Trinajstić information content (AvgIpc) is 2.96. The number of aromatic nitrogens is 2. The molecule has 112 valence electrons. The Morgan fingerprint density at radius 2 is 2.09 bits per heavy atom. The van der Waals surface area contributed by atoms with Gasteiger partial charge < -0.3 is 9.47 Å². The van der Waals surface area contributed by atoms with Crippen molar-refractivity contribution in [3.8, 4) is 5.75 Å². The molecule has 2 heterocycles. The lowest BCUT2D eigenvalue weighted by Crippen LogP contribution is -2.06. The summed E-state index contributed by atoms with van der Waals surface area (Å²) in [5.41, 5.74) is 1.53. The number of imidazole rings is 1. The number of para-hydroxylation sites is 1. The van der Waals surface area contributed by atoms with Crippen molar-refractivity contribution in [1.82, 2.24) is 9.38 Å². The monoisotopic (exact) mass is 300 g/mol. The Kier molecular flexibility index (Phi) is 3.74. The van der Waals surface area contributed by atoms with Gasteiger partial charge in [-0.3, -0.25) is 4.40 Å². The highest BCUT2D eigenvalue weighted by molar-refractivity contribution is 5.95. The van der Waals surface area contributed by atoms with E-state index in [1.807, 2.05) is 0 Å². The topological polar surface area (TPSA) is 52.8 Å². The Balaban J connectivity index is 1.89. The smallest absolute Gasteiger partial charge is 0.341 e. The van der Waals surface area contributed by atoms with Gasteiger partial charge in [0.25, 0.3) is 0 Å². The van der Waals surface area contributed by atoms with Gasteiger partial charge in [0.05, 0.1) is 19.0 Å². The van der Waals surface area contributed by atoms with Crippen LogP contribution in [0.3, 0.4) is 0 Å². The number of esters is 1. The van der Waals surface area contributed by atoms with E-state index < -0.39 is 11.8 Å². The Morgan fingerprint density at radius 1 is 1.27 bits per heavy atom. The molecule has 0 aliphatic carbocycles. The second kappa shape index (κ2) is 5.85. The third kappa shape index (κ3) is 2.50. The Bertz CT molecular complexity index is 829. The Labute approximate surface area is 125 Å². The summed E-state index contributed by atoms with van der Waals surface area (Å²) in [5, 5.41) is 0. The molecule has 0 atom stereocenters. The fourth-order valence-corrected chi connectivity index (χ4v) is 2.15. The van der Waals surface area contributed by atoms with Crippen molar-refractivity contribution in [3.63, 3.8) is 0 Å². The minimum absolute atomic E-state index is 0.132. The summed E-state index contributed by atoms with van der Waals surface area (Å²) in [6.07, 6.45) is 3.34. The molecule has 0 aliphatic heterocycles. The van der Waals surface area contributed by atoms with Crippen LogP contribution in [0.25, 0.3) is 5.65 Å². The van der Waals surface area contributed by atoms with Gasteiger partial charge in [0.15, 0.2) is 17.2 Å². The molecule has 22 heavy (non-hydrogen) atoms. The van der Waals surface area contributed by atoms with Crippen molar-refractivity contribution in [1.29, 1.82) is 0 Å². The molecule has 0 aliphatic rings. The van der Waals surface area contributed by atoms with Gasteiger partial charge in [0, 0.05) is 6.20 Å². The number of carbonyl (C=O) groups excluding carboxylic acids is 1. The van der Waals surface area contributed by atoms with E-state index in [9.17, 15) is 9.18 Å². The van der Waals surface area contributed by atoms with Gasteiger partial charge in [-0.15, -0.1) is 0 Å². The zero-order chi connectivity index (χ0) is 15.5. The number of hydrogen-bond acceptors (Lipinski definition) is 4. The van der Waals surface area contributed by atoms with Gasteiger partial charge in [0.1, 0.15) is 12.2 Å². The molecule has 0 unspecified atom stereocenters. The van der Waals surface area contributed by atoms with Crippen LogP contribution in [-0.2, 0) is 11.3 Å². The van der Waals surface area contributed by atoms with Gasteiger partial charge in [0.2, 0.25) is 0 Å². The van der Waals surface area contributed by atoms with Crippen LogP contribution in [0.5, 0.6) is 5.75 Å². The van der Waals surface area contributed by atoms with Crippen LogP contribution >= 0.6 is 0 Å². The van der Waals surface area contributed by atoms with E-state index in [2.05, 4.69) is 4.98 Å². The van der Waals surface area contributed by atoms with E-state index in [1.54, 1.807) is 47.1 Å². The summed E-state index contributed by atoms with van der Waals surface area (Å²) in [6.45, 7) is 0.132. The molecule has 0 saturated heterocycles. The maximum atomic E-state index is 13.5. The summed E-state index contributed by atoms with van der Waals surface area (Å²) >= 11 is 0. The maximum absolute atomic E-state index is 13.5. The van der Waals surface area contributed by atoms with Crippen molar-refractivity contribution in [2.75, 3.05) is 7.11 Å². The van der Waals surface area contributed by atoms with Gasteiger partial charge in [-0.2, -0.15) is 0 Å². The fourth-order valence-electron chi connectivity index (χ4n) is 2.15. The van der Waals surface area contributed by atoms with Crippen molar-refractivity contribution in [3.05, 3.63) is 65.9 Å². The van der Waals surface area contributed by atoms with Crippen LogP contribution in [-0.4, -0.2) is 22.5 Å². The first-order valence-corrected chi connectivity index (χ1v) is 6.61. The van der Waals surface area contributed by atoms with Crippen LogP contribution < -0.4 is 4.74 Å². The number of nitrogens with zero attached hydrogens (tertiary/aromatic N) is 2. The lowest BCUT2D eigenvalue weighted by Gasteiger charge is -2.07. The van der Waals surface area contributed by atoms with Crippen LogP contribution in [0, 0.1) is 5.82 Å². The van der Waals surface area contributed by atoms with Crippen molar-refractivity contribution >= 4 is 11.6 Å². The fraction of sp³-hybridized carbons (Fsp3) is 0.125. The van der Waals surface area contributed by atoms with Crippen LogP contribution in [0.15, 0.2) is 48.8 Å². The highest BCUT2D eigenvalue weighted by Crippen LogP contribution is 2.18. The summed E-state index contributed by atoms with van der Waals surface area (Å²) < 4.78 is 25.4. The van der Waals surface area contributed by atoms with Crippen LogP contribution in [0.4, 0.5) is 4.39 Å². The zero-order valence-electron chi connectivity index (χ0n) is 11.8. The highest BCUT2D eigenvalue weighted by Gasteiger charge is 2.14. The normalized spacial score (nSPS) is 10.6. The SMILES string of the molecule is COC(=O)c1cccn2c(COc3ccccc3F)cnc12. The largest absolute Gasteiger partial charge is 0.484 e. The third-order valence-electron chi connectivity index (χ3n) is 3.23. The van der Waals surface area contributed by atoms with Crippen molar-refractivity contribution in [2.24, 2.45) is 0 Å². The van der Waals surface area contributed by atoms with Gasteiger partial charge in [-0.25, -0.2) is 14.2 Å². The van der Waals surface area contributed by atoms with E-state index in [1.165, 1.54) is 13.2 Å². The first-order chi connectivity index (χ1) is 10.7. The number of rotatable bonds is 4. The molecule has 0 N–H and O–H groups in total. The number of methoxy groups -OCH3 is 1. The summed E-state index contributed by atoms with van der Waals surface area (Å²) in [6, 6.07) is 9.53. The van der Waals surface area contributed by atoms with Gasteiger partial charge in [-0.1, -0.05) is 12.1 Å². The quantitative estimate of drug-likeness (QED) is 0.695. The molecule has 0 radical (unpaired) electrons. The number of ether oxygens (including phenoxy) is 2. The molecular formula is C16H13FN2O3. The molecule has 6 heteroatoms. The third-order valence-corrected chi connectivity index (χ3v) is 3.23. The lowest BCUT2D eigenvalue weighted by molar-refractivity contribution is 0.0602. The predicted octanol–water partition coefficient (Wildman–Crippen LogP) is 2.84. The minimum Gasteiger partial charge on any atom is -0.484 e. The van der Waals surface area contributed by atoms with E-state index in [0.717, 1.165) is 0 Å². The molecule has 0 bridgehead atoms. The van der Waals surface area contributed by atoms with Crippen LogP contribution in [0.2, 0.25) is 0 Å². The maximum Gasteiger partial charge on any atom is 0.341 e. The Hall–Kier alpha value is -2.89. The average molecular weight is 300 g/mol. The van der Waals surface area contributed by atoms with E-state index >= 15 is 0 Å². The van der Waals surface area contributed by atoms with E-state index in [-0.39, 0.29) is 12.4 Å². The minimum atomic E-state index is -0.460. The molecule has 0 amide bonds. The van der Waals surface area contributed by atoms with E-state index in [4.69, 9.17) is 9.47 Å². The van der Waals surface area contributed by atoms with Crippen LogP contribution in [0.1, 0.15) is 16.1 Å². The van der Waals surface area contributed by atoms with Crippen molar-refractivity contribution in [2.45, 2.75) is 6.61 Å². The standard InChI is InChI=1S/C16H13FN2O3/c1-21-16(20)12-5-4-8-19-11(9-18-15(12)19)10-22-14-7-3-2-6-13(14)17/h2-9H,10H2,1H3. The summed E-state index contributed by atoms with van der Waals surface area (Å²) in [5.74, 6) is -0.717. The number of fused-ring (bicyclic) bond motifs is 1. The molecule has 0 fully saturated rings. The summed E-state index contributed by atoms with van der Waals surface area (Å²) in [4.78, 5) is 15.9. The molecular weight excluding hydrogens is 287 g/mol. The molecule has 0 spiro atoms. The van der Waals surface area contributed by atoms with Gasteiger partial charge >= 0.3 is 5.97 Å². The molecule has 5 nitrogen and oxygen atoms in total. The number of carbonyl (C=O) groups is 1. The molecule has 0 saturated carbocycles.